The lowest BCUT2D eigenvalue weighted by Gasteiger charge is -2.12. The normalized spacial score (nSPS) is 12.9. The molecule has 0 bridgehead atoms. The van der Waals surface area contributed by atoms with Crippen molar-refractivity contribution in [2.24, 2.45) is 5.73 Å². The van der Waals surface area contributed by atoms with Crippen LogP contribution in [0.1, 0.15) is 16.7 Å². The van der Waals surface area contributed by atoms with E-state index in [0.29, 0.717) is 13.2 Å². The van der Waals surface area contributed by atoms with Crippen molar-refractivity contribution in [3.63, 3.8) is 0 Å². The average molecular weight is 413 g/mol. The molecule has 2 aromatic rings. The van der Waals surface area contributed by atoms with E-state index in [-0.39, 0.29) is 0 Å². The molecule has 1 aliphatic rings. The molecule has 3 rings (SSSR count). The number of hydrogen-bond acceptors (Lipinski definition) is 3. The van der Waals surface area contributed by atoms with Crippen molar-refractivity contribution >= 4 is 31.9 Å². The first-order valence-corrected chi connectivity index (χ1v) is 8.31. The summed E-state index contributed by atoms with van der Waals surface area (Å²) in [5.74, 6) is 1.78. The summed E-state index contributed by atoms with van der Waals surface area (Å²) in [7, 11) is 0. The Hall–Kier alpha value is -1.04. The Morgan fingerprint density at radius 1 is 1.14 bits per heavy atom. The number of ether oxygens (including phenoxy) is 2. The van der Waals surface area contributed by atoms with Gasteiger partial charge in [-0.25, -0.2) is 0 Å². The van der Waals surface area contributed by atoms with E-state index in [0.717, 1.165) is 44.6 Å². The summed E-state index contributed by atoms with van der Waals surface area (Å²) in [6, 6.07) is 10.0. The summed E-state index contributed by atoms with van der Waals surface area (Å²) in [4.78, 5) is 0. The third-order valence-electron chi connectivity index (χ3n) is 3.46. The predicted molar refractivity (Wildman–Crippen MR) is 89.7 cm³/mol. The summed E-state index contributed by atoms with van der Waals surface area (Å²) in [5, 5.41) is 0. The van der Waals surface area contributed by atoms with Gasteiger partial charge in [-0.15, -0.1) is 0 Å². The molecule has 2 aromatic carbocycles. The molecule has 5 heteroatoms. The third-order valence-corrected chi connectivity index (χ3v) is 4.69. The lowest BCUT2D eigenvalue weighted by Crippen LogP contribution is -2.01. The van der Waals surface area contributed by atoms with E-state index < -0.39 is 0 Å². The predicted octanol–water partition coefficient (Wildman–Crippen LogP) is 4.18. The molecule has 0 fully saturated rings. The van der Waals surface area contributed by atoms with Crippen LogP contribution in [0.3, 0.4) is 0 Å². The molecule has 2 N–H and O–H groups in total. The van der Waals surface area contributed by atoms with Gasteiger partial charge in [-0.3, -0.25) is 0 Å². The monoisotopic (exact) mass is 411 g/mol. The van der Waals surface area contributed by atoms with Crippen LogP contribution in [0.5, 0.6) is 11.5 Å². The highest BCUT2D eigenvalue weighted by Crippen LogP contribution is 2.34. The van der Waals surface area contributed by atoms with Gasteiger partial charge in [0, 0.05) is 27.5 Å². The number of fused-ring (bicyclic) bond motifs is 1. The first kappa shape index (κ1) is 14.9. The van der Waals surface area contributed by atoms with Gasteiger partial charge < -0.3 is 15.2 Å². The Kier molecular flexibility index (Phi) is 4.52. The summed E-state index contributed by atoms with van der Waals surface area (Å²) in [6.07, 6.45) is 0.956. The maximum Gasteiger partial charge on any atom is 0.129 e. The molecule has 3 nitrogen and oxygen atoms in total. The standard InChI is InChI=1S/C16H15Br2NO2/c17-13-5-10-3-4-20-16(10)12(6-13)9-21-14-1-2-15(18)11(7-14)8-19/h1-2,5-7H,3-4,8-9,19H2. The van der Waals surface area contributed by atoms with Gasteiger partial charge in [0.05, 0.1) is 6.61 Å². The molecule has 0 atom stereocenters. The molecule has 21 heavy (non-hydrogen) atoms. The van der Waals surface area contributed by atoms with E-state index in [1.165, 1.54) is 5.56 Å². The van der Waals surface area contributed by atoms with Crippen LogP contribution in [0, 0.1) is 0 Å². The lowest BCUT2D eigenvalue weighted by atomic mass is 10.1. The molecule has 0 saturated heterocycles. The van der Waals surface area contributed by atoms with Gasteiger partial charge in [0.25, 0.3) is 0 Å². The van der Waals surface area contributed by atoms with Crippen molar-refractivity contribution in [3.05, 3.63) is 56.0 Å². The smallest absolute Gasteiger partial charge is 0.129 e. The number of halogens is 2. The second-order valence-electron chi connectivity index (χ2n) is 4.90. The van der Waals surface area contributed by atoms with Crippen molar-refractivity contribution in [2.45, 2.75) is 19.6 Å². The Labute approximate surface area is 140 Å². The SMILES string of the molecule is NCc1cc(OCc2cc(Br)cc3c2OCC3)ccc1Br. The molecule has 0 unspecified atom stereocenters. The zero-order chi connectivity index (χ0) is 14.8. The molecule has 1 heterocycles. The molecule has 0 radical (unpaired) electrons. The first-order valence-electron chi connectivity index (χ1n) is 6.73. The fourth-order valence-corrected chi connectivity index (χ4v) is 3.37. The van der Waals surface area contributed by atoms with Gasteiger partial charge in [0.2, 0.25) is 0 Å². The zero-order valence-electron chi connectivity index (χ0n) is 11.4. The van der Waals surface area contributed by atoms with Gasteiger partial charge in [0.1, 0.15) is 18.1 Å². The van der Waals surface area contributed by atoms with Crippen molar-refractivity contribution in [1.82, 2.24) is 0 Å². The van der Waals surface area contributed by atoms with E-state index >= 15 is 0 Å². The largest absolute Gasteiger partial charge is 0.493 e. The maximum absolute atomic E-state index is 5.89. The van der Waals surface area contributed by atoms with E-state index in [2.05, 4.69) is 37.9 Å². The minimum Gasteiger partial charge on any atom is -0.493 e. The molecule has 0 spiro atoms. The van der Waals surface area contributed by atoms with Crippen molar-refractivity contribution in [2.75, 3.05) is 6.61 Å². The summed E-state index contributed by atoms with van der Waals surface area (Å²) < 4.78 is 13.7. The van der Waals surface area contributed by atoms with Crippen molar-refractivity contribution in [3.8, 4) is 11.5 Å². The van der Waals surface area contributed by atoms with Crippen molar-refractivity contribution in [1.29, 1.82) is 0 Å². The highest BCUT2D eigenvalue weighted by molar-refractivity contribution is 9.10. The van der Waals surface area contributed by atoms with Gasteiger partial charge in [-0.05, 0) is 41.5 Å². The van der Waals surface area contributed by atoms with Crippen LogP contribution >= 0.6 is 31.9 Å². The summed E-state index contributed by atoms with van der Waals surface area (Å²) in [5.41, 5.74) is 9.04. The average Bonchev–Trinajstić information content (AvgIpc) is 2.94. The summed E-state index contributed by atoms with van der Waals surface area (Å²) >= 11 is 7.02. The Morgan fingerprint density at radius 2 is 2.00 bits per heavy atom. The molecule has 0 aliphatic carbocycles. The maximum atomic E-state index is 5.89. The lowest BCUT2D eigenvalue weighted by molar-refractivity contribution is 0.291. The molecular weight excluding hydrogens is 398 g/mol. The van der Waals surface area contributed by atoms with Crippen LogP contribution in [-0.2, 0) is 19.6 Å². The van der Waals surface area contributed by atoms with E-state index in [4.69, 9.17) is 15.2 Å². The summed E-state index contributed by atoms with van der Waals surface area (Å²) in [6.45, 7) is 1.70. The molecule has 0 saturated carbocycles. The van der Waals surface area contributed by atoms with Crippen LogP contribution < -0.4 is 15.2 Å². The fraction of sp³-hybridized carbons (Fsp3) is 0.250. The second-order valence-corrected chi connectivity index (χ2v) is 6.67. The highest BCUT2D eigenvalue weighted by atomic mass is 79.9. The van der Waals surface area contributed by atoms with E-state index in [1.807, 2.05) is 24.3 Å². The second kappa shape index (κ2) is 6.38. The Bertz CT molecular complexity index is 674. The van der Waals surface area contributed by atoms with Gasteiger partial charge in [-0.2, -0.15) is 0 Å². The number of benzene rings is 2. The molecule has 110 valence electrons. The first-order chi connectivity index (χ1) is 10.2. The third kappa shape index (κ3) is 3.25. The number of rotatable bonds is 4. The Morgan fingerprint density at radius 3 is 2.81 bits per heavy atom. The van der Waals surface area contributed by atoms with Gasteiger partial charge >= 0.3 is 0 Å². The molecular formula is C16H15Br2NO2. The molecule has 0 amide bonds. The van der Waals surface area contributed by atoms with Crippen molar-refractivity contribution < 1.29 is 9.47 Å². The van der Waals surface area contributed by atoms with Gasteiger partial charge in [0.15, 0.2) is 0 Å². The topological polar surface area (TPSA) is 44.5 Å². The fourth-order valence-electron chi connectivity index (χ4n) is 2.41. The van der Waals surface area contributed by atoms with Gasteiger partial charge in [-0.1, -0.05) is 31.9 Å². The van der Waals surface area contributed by atoms with Crippen LogP contribution in [-0.4, -0.2) is 6.61 Å². The van der Waals surface area contributed by atoms with E-state index in [9.17, 15) is 0 Å². The van der Waals surface area contributed by atoms with Crippen LogP contribution in [0.15, 0.2) is 39.3 Å². The molecule has 0 aromatic heterocycles. The van der Waals surface area contributed by atoms with Crippen LogP contribution in [0.4, 0.5) is 0 Å². The van der Waals surface area contributed by atoms with Crippen LogP contribution in [0.2, 0.25) is 0 Å². The highest BCUT2D eigenvalue weighted by Gasteiger charge is 2.17. The minimum atomic E-state index is 0.479. The quantitative estimate of drug-likeness (QED) is 0.818. The van der Waals surface area contributed by atoms with E-state index in [1.54, 1.807) is 0 Å². The molecule has 1 aliphatic heterocycles. The minimum absolute atomic E-state index is 0.479. The number of hydrogen-bond donors (Lipinski definition) is 1. The number of nitrogens with two attached hydrogens (primary N) is 1. The Balaban J connectivity index is 1.79. The van der Waals surface area contributed by atoms with Crippen LogP contribution in [0.25, 0.3) is 0 Å². The zero-order valence-corrected chi connectivity index (χ0v) is 14.5.